The van der Waals surface area contributed by atoms with Crippen LogP contribution in [-0.2, 0) is 5.60 Å². The number of benzene rings is 1. The van der Waals surface area contributed by atoms with E-state index in [1.807, 2.05) is 0 Å². The van der Waals surface area contributed by atoms with E-state index < -0.39 is 11.6 Å². The summed E-state index contributed by atoms with van der Waals surface area (Å²) < 4.78 is 0. The van der Waals surface area contributed by atoms with Gasteiger partial charge in [0.25, 0.3) is 0 Å². The SMILES string of the molecule is O=C(O)c1cccc(C2(O)CCSC2)c1. The third-order valence-electron chi connectivity index (χ3n) is 2.65. The molecule has 1 aliphatic heterocycles. The number of carboxylic acids is 1. The number of carboxylic acid groups (broad SMARTS) is 1. The van der Waals surface area contributed by atoms with E-state index >= 15 is 0 Å². The van der Waals surface area contributed by atoms with Crippen LogP contribution in [0.15, 0.2) is 24.3 Å². The molecule has 0 bridgehead atoms. The van der Waals surface area contributed by atoms with Gasteiger partial charge in [-0.2, -0.15) is 11.8 Å². The van der Waals surface area contributed by atoms with Gasteiger partial charge in [0.15, 0.2) is 0 Å². The quantitative estimate of drug-likeness (QED) is 0.803. The van der Waals surface area contributed by atoms with Crippen LogP contribution in [-0.4, -0.2) is 27.7 Å². The fourth-order valence-electron chi connectivity index (χ4n) is 1.72. The predicted octanol–water partition coefficient (Wildman–Crippen LogP) is 1.71. The first-order valence-electron chi connectivity index (χ1n) is 4.76. The fraction of sp³-hybridized carbons (Fsp3) is 0.364. The van der Waals surface area contributed by atoms with Gasteiger partial charge in [0.05, 0.1) is 11.2 Å². The Hall–Kier alpha value is -1.00. The first-order valence-corrected chi connectivity index (χ1v) is 5.91. The molecule has 4 heteroatoms. The van der Waals surface area contributed by atoms with Crippen LogP contribution in [0.3, 0.4) is 0 Å². The van der Waals surface area contributed by atoms with Crippen LogP contribution < -0.4 is 0 Å². The Bertz CT molecular complexity index is 383. The van der Waals surface area contributed by atoms with Crippen molar-refractivity contribution >= 4 is 17.7 Å². The Morgan fingerprint density at radius 2 is 2.27 bits per heavy atom. The molecule has 1 unspecified atom stereocenters. The van der Waals surface area contributed by atoms with Gasteiger partial charge < -0.3 is 10.2 Å². The average Bonchev–Trinajstić information content (AvgIpc) is 2.67. The second-order valence-corrected chi connectivity index (χ2v) is 4.83. The Morgan fingerprint density at radius 1 is 1.47 bits per heavy atom. The maximum atomic E-state index is 10.8. The number of hydrogen-bond acceptors (Lipinski definition) is 3. The van der Waals surface area contributed by atoms with E-state index in [1.165, 1.54) is 6.07 Å². The first-order chi connectivity index (χ1) is 7.12. The average molecular weight is 224 g/mol. The van der Waals surface area contributed by atoms with Crippen molar-refractivity contribution in [1.82, 2.24) is 0 Å². The molecule has 1 aliphatic rings. The van der Waals surface area contributed by atoms with Gasteiger partial charge in [-0.3, -0.25) is 0 Å². The monoisotopic (exact) mass is 224 g/mol. The van der Waals surface area contributed by atoms with Gasteiger partial charge >= 0.3 is 5.97 Å². The van der Waals surface area contributed by atoms with Crippen molar-refractivity contribution in [2.75, 3.05) is 11.5 Å². The minimum absolute atomic E-state index is 0.234. The molecule has 1 aromatic rings. The van der Waals surface area contributed by atoms with Crippen molar-refractivity contribution in [3.8, 4) is 0 Å². The highest BCUT2D eigenvalue weighted by atomic mass is 32.2. The largest absolute Gasteiger partial charge is 0.478 e. The molecule has 1 atom stereocenters. The van der Waals surface area contributed by atoms with E-state index in [4.69, 9.17) is 5.11 Å². The van der Waals surface area contributed by atoms with Crippen molar-refractivity contribution in [2.45, 2.75) is 12.0 Å². The lowest BCUT2D eigenvalue weighted by Crippen LogP contribution is -2.25. The number of rotatable bonds is 2. The molecule has 1 heterocycles. The Labute approximate surface area is 92.1 Å². The number of hydrogen-bond donors (Lipinski definition) is 2. The normalized spacial score (nSPS) is 25.4. The zero-order valence-electron chi connectivity index (χ0n) is 8.14. The Balaban J connectivity index is 2.36. The second-order valence-electron chi connectivity index (χ2n) is 3.72. The molecule has 0 amide bonds. The fourth-order valence-corrected chi connectivity index (χ4v) is 3.00. The number of thioether (sulfide) groups is 1. The van der Waals surface area contributed by atoms with Gasteiger partial charge in [-0.1, -0.05) is 12.1 Å². The van der Waals surface area contributed by atoms with Crippen LogP contribution in [0.5, 0.6) is 0 Å². The molecule has 15 heavy (non-hydrogen) atoms. The molecule has 0 aliphatic carbocycles. The maximum Gasteiger partial charge on any atom is 0.335 e. The zero-order chi connectivity index (χ0) is 10.9. The molecule has 1 fully saturated rings. The molecule has 0 spiro atoms. The van der Waals surface area contributed by atoms with E-state index in [2.05, 4.69) is 0 Å². The summed E-state index contributed by atoms with van der Waals surface area (Å²) in [4.78, 5) is 10.8. The van der Waals surface area contributed by atoms with E-state index in [0.29, 0.717) is 17.7 Å². The van der Waals surface area contributed by atoms with Gasteiger partial charge in [-0.15, -0.1) is 0 Å². The molecule has 3 nitrogen and oxygen atoms in total. The van der Waals surface area contributed by atoms with Crippen LogP contribution in [0, 0.1) is 0 Å². The minimum atomic E-state index is -0.953. The number of aromatic carboxylic acids is 1. The molecule has 2 rings (SSSR count). The van der Waals surface area contributed by atoms with Crippen molar-refractivity contribution in [3.05, 3.63) is 35.4 Å². The van der Waals surface area contributed by atoms with Crippen molar-refractivity contribution < 1.29 is 15.0 Å². The smallest absolute Gasteiger partial charge is 0.335 e. The third-order valence-corrected chi connectivity index (χ3v) is 3.82. The molecule has 0 saturated carbocycles. The number of carbonyl (C=O) groups is 1. The van der Waals surface area contributed by atoms with Crippen molar-refractivity contribution in [2.24, 2.45) is 0 Å². The van der Waals surface area contributed by atoms with Crippen molar-refractivity contribution in [1.29, 1.82) is 0 Å². The molecule has 0 radical (unpaired) electrons. The lowest BCUT2D eigenvalue weighted by Gasteiger charge is -2.21. The van der Waals surface area contributed by atoms with Gasteiger partial charge in [0, 0.05) is 5.75 Å². The van der Waals surface area contributed by atoms with E-state index in [-0.39, 0.29) is 5.56 Å². The summed E-state index contributed by atoms with van der Waals surface area (Å²) >= 11 is 1.69. The van der Waals surface area contributed by atoms with E-state index in [0.717, 1.165) is 5.75 Å². The summed E-state index contributed by atoms with van der Waals surface area (Å²) in [6.07, 6.45) is 0.695. The summed E-state index contributed by atoms with van der Waals surface area (Å²) in [7, 11) is 0. The molecule has 2 N–H and O–H groups in total. The summed E-state index contributed by atoms with van der Waals surface area (Å²) in [5, 5.41) is 19.1. The lowest BCUT2D eigenvalue weighted by atomic mass is 9.92. The van der Waals surface area contributed by atoms with E-state index in [1.54, 1.807) is 30.0 Å². The highest BCUT2D eigenvalue weighted by Crippen LogP contribution is 2.36. The highest BCUT2D eigenvalue weighted by Gasteiger charge is 2.33. The molecule has 1 aromatic carbocycles. The predicted molar refractivity (Wildman–Crippen MR) is 59.2 cm³/mol. The summed E-state index contributed by atoms with van der Waals surface area (Å²) in [6.45, 7) is 0. The van der Waals surface area contributed by atoms with Crippen LogP contribution in [0.1, 0.15) is 22.3 Å². The molecular weight excluding hydrogens is 212 g/mol. The molecular formula is C11H12O3S. The van der Waals surface area contributed by atoms with Gasteiger partial charge in [-0.05, 0) is 29.9 Å². The third kappa shape index (κ3) is 2.01. The molecule has 80 valence electrons. The topological polar surface area (TPSA) is 57.5 Å². The zero-order valence-corrected chi connectivity index (χ0v) is 8.96. The standard InChI is InChI=1S/C11H12O3S/c12-10(13)8-2-1-3-9(6-8)11(14)4-5-15-7-11/h1-3,6,14H,4-5,7H2,(H,12,13). The van der Waals surface area contributed by atoms with Gasteiger partial charge in [0.1, 0.15) is 0 Å². The number of aliphatic hydroxyl groups is 1. The molecule has 1 saturated heterocycles. The molecule has 0 aromatic heterocycles. The van der Waals surface area contributed by atoms with Crippen LogP contribution in [0.25, 0.3) is 0 Å². The van der Waals surface area contributed by atoms with Crippen LogP contribution in [0.2, 0.25) is 0 Å². The van der Waals surface area contributed by atoms with E-state index in [9.17, 15) is 9.90 Å². The summed E-state index contributed by atoms with van der Waals surface area (Å²) in [6, 6.07) is 6.57. The van der Waals surface area contributed by atoms with Crippen LogP contribution >= 0.6 is 11.8 Å². The minimum Gasteiger partial charge on any atom is -0.478 e. The van der Waals surface area contributed by atoms with Gasteiger partial charge in [-0.25, -0.2) is 4.79 Å². The lowest BCUT2D eigenvalue weighted by molar-refractivity contribution is 0.0649. The Morgan fingerprint density at radius 3 is 2.87 bits per heavy atom. The first kappa shape index (κ1) is 10.5. The Kier molecular flexibility index (Phi) is 2.71. The maximum absolute atomic E-state index is 10.8. The second kappa shape index (κ2) is 3.87. The summed E-state index contributed by atoms with van der Waals surface area (Å²) in [5.74, 6) is 0.621. The van der Waals surface area contributed by atoms with Gasteiger partial charge in [0.2, 0.25) is 0 Å². The summed E-state index contributed by atoms with van der Waals surface area (Å²) in [5.41, 5.74) is 0.112. The van der Waals surface area contributed by atoms with Crippen LogP contribution in [0.4, 0.5) is 0 Å². The highest BCUT2D eigenvalue weighted by molar-refractivity contribution is 7.99. The van der Waals surface area contributed by atoms with Crippen molar-refractivity contribution in [3.63, 3.8) is 0 Å².